The van der Waals surface area contributed by atoms with E-state index < -0.39 is 49.4 Å². The number of rotatable bonds is 8. The maximum atomic E-state index is 10.9. The lowest BCUT2D eigenvalue weighted by atomic mass is 9.99. The molecule has 0 aliphatic carbocycles. The summed E-state index contributed by atoms with van der Waals surface area (Å²) in [5.74, 6) is -1.07. The Labute approximate surface area is 128 Å². The van der Waals surface area contributed by atoms with Crippen molar-refractivity contribution in [1.82, 2.24) is 0 Å². The van der Waals surface area contributed by atoms with Crippen LogP contribution in [-0.2, 0) is 14.3 Å². The van der Waals surface area contributed by atoms with Crippen LogP contribution in [0.15, 0.2) is 12.2 Å². The van der Waals surface area contributed by atoms with Gasteiger partial charge < -0.3 is 35.0 Å². The summed E-state index contributed by atoms with van der Waals surface area (Å²) in [7, 11) is 0. The number of allylic oxidation sites excluding steroid dienone is 1. The van der Waals surface area contributed by atoms with Crippen molar-refractivity contribution in [2.45, 2.75) is 63.0 Å². The smallest absolute Gasteiger partial charge is 0.305 e. The van der Waals surface area contributed by atoms with Gasteiger partial charge in [0.1, 0.15) is 24.4 Å². The monoisotopic (exact) mass is 320 g/mol. The maximum Gasteiger partial charge on any atom is 0.305 e. The SMILES string of the molecule is CC/C=C\CC(CC(=O)O)O[C@@H]1O[C@H](CO)[C@@H](O)[C@H](O)[C@H]1O. The molecule has 1 saturated heterocycles. The molecule has 0 aromatic heterocycles. The zero-order chi connectivity index (χ0) is 16.7. The predicted octanol–water partition coefficient (Wildman–Crippen LogP) is -0.997. The number of carbonyl (C=O) groups is 1. The van der Waals surface area contributed by atoms with Crippen LogP contribution in [0.4, 0.5) is 0 Å². The number of aliphatic carboxylic acids is 1. The summed E-state index contributed by atoms with van der Waals surface area (Å²) in [6.45, 7) is 1.37. The Morgan fingerprint density at radius 3 is 2.45 bits per heavy atom. The molecule has 22 heavy (non-hydrogen) atoms. The minimum Gasteiger partial charge on any atom is -0.481 e. The number of aliphatic hydroxyl groups excluding tert-OH is 4. The van der Waals surface area contributed by atoms with E-state index in [0.29, 0.717) is 6.42 Å². The van der Waals surface area contributed by atoms with Crippen molar-refractivity contribution in [3.05, 3.63) is 12.2 Å². The molecule has 0 radical (unpaired) electrons. The molecule has 128 valence electrons. The largest absolute Gasteiger partial charge is 0.481 e. The molecule has 1 unspecified atom stereocenters. The third-order valence-corrected chi connectivity index (χ3v) is 3.38. The predicted molar refractivity (Wildman–Crippen MR) is 74.9 cm³/mol. The normalized spacial score (nSPS) is 34.0. The van der Waals surface area contributed by atoms with E-state index in [9.17, 15) is 20.1 Å². The molecule has 1 heterocycles. The average molecular weight is 320 g/mol. The van der Waals surface area contributed by atoms with Gasteiger partial charge in [0.05, 0.1) is 19.1 Å². The molecule has 1 aliphatic rings. The molecule has 0 aromatic carbocycles. The van der Waals surface area contributed by atoms with Gasteiger partial charge in [-0.1, -0.05) is 19.1 Å². The van der Waals surface area contributed by atoms with Crippen LogP contribution in [0.1, 0.15) is 26.2 Å². The Morgan fingerprint density at radius 1 is 1.23 bits per heavy atom. The summed E-state index contributed by atoms with van der Waals surface area (Å²) in [5, 5.41) is 47.2. The number of carboxylic acid groups (broad SMARTS) is 1. The van der Waals surface area contributed by atoms with E-state index >= 15 is 0 Å². The summed E-state index contributed by atoms with van der Waals surface area (Å²) in [5.41, 5.74) is 0. The van der Waals surface area contributed by atoms with Gasteiger partial charge in [0.2, 0.25) is 0 Å². The van der Waals surface area contributed by atoms with E-state index in [2.05, 4.69) is 0 Å². The van der Waals surface area contributed by atoms with Crippen molar-refractivity contribution in [3.8, 4) is 0 Å². The third-order valence-electron chi connectivity index (χ3n) is 3.38. The molecular formula is C14H24O8. The lowest BCUT2D eigenvalue weighted by molar-refractivity contribution is -0.311. The first-order chi connectivity index (χ1) is 10.4. The molecule has 0 spiro atoms. The highest BCUT2D eigenvalue weighted by atomic mass is 16.7. The second-order valence-electron chi connectivity index (χ2n) is 5.17. The van der Waals surface area contributed by atoms with Gasteiger partial charge in [-0.05, 0) is 12.8 Å². The quantitative estimate of drug-likeness (QED) is 0.359. The van der Waals surface area contributed by atoms with E-state index in [1.165, 1.54) is 0 Å². The molecule has 0 saturated carbocycles. The molecule has 5 N–H and O–H groups in total. The van der Waals surface area contributed by atoms with Gasteiger partial charge in [0.15, 0.2) is 6.29 Å². The second-order valence-corrected chi connectivity index (χ2v) is 5.17. The standard InChI is InChI=1S/C14H24O8/c1-2-3-4-5-8(6-10(16)17)21-14-13(20)12(19)11(18)9(7-15)22-14/h3-4,8-9,11-15,18-20H,2,5-7H2,1H3,(H,16,17)/b4-3-/t8?,9-,11-,12+,13-,14-/m1/s1. The fraction of sp³-hybridized carbons (Fsp3) is 0.786. The van der Waals surface area contributed by atoms with Crippen LogP contribution in [0.3, 0.4) is 0 Å². The summed E-state index contributed by atoms with van der Waals surface area (Å²) in [4.78, 5) is 10.9. The van der Waals surface area contributed by atoms with E-state index in [1.54, 1.807) is 6.08 Å². The van der Waals surface area contributed by atoms with Gasteiger partial charge in [-0.15, -0.1) is 0 Å². The van der Waals surface area contributed by atoms with Crippen LogP contribution in [0, 0.1) is 0 Å². The Bertz CT molecular complexity index is 370. The Hall–Kier alpha value is -1.03. The van der Waals surface area contributed by atoms with Crippen molar-refractivity contribution in [2.75, 3.05) is 6.61 Å². The molecule has 8 nitrogen and oxygen atoms in total. The lowest BCUT2D eigenvalue weighted by Crippen LogP contribution is -2.59. The van der Waals surface area contributed by atoms with Gasteiger partial charge in [0.25, 0.3) is 0 Å². The first-order valence-electron chi connectivity index (χ1n) is 7.23. The summed E-state index contributed by atoms with van der Waals surface area (Å²) < 4.78 is 10.6. The number of carboxylic acids is 1. The van der Waals surface area contributed by atoms with E-state index in [1.807, 2.05) is 13.0 Å². The molecule has 6 atom stereocenters. The van der Waals surface area contributed by atoms with Crippen molar-refractivity contribution >= 4 is 5.97 Å². The third kappa shape index (κ3) is 5.31. The van der Waals surface area contributed by atoms with Crippen molar-refractivity contribution in [2.24, 2.45) is 0 Å². The van der Waals surface area contributed by atoms with Crippen LogP contribution in [0.25, 0.3) is 0 Å². The fourth-order valence-electron chi connectivity index (χ4n) is 2.17. The number of ether oxygens (including phenoxy) is 2. The van der Waals surface area contributed by atoms with E-state index in [0.717, 1.165) is 6.42 Å². The summed E-state index contributed by atoms with van der Waals surface area (Å²) >= 11 is 0. The van der Waals surface area contributed by atoms with Crippen molar-refractivity contribution < 1.29 is 39.8 Å². The van der Waals surface area contributed by atoms with Gasteiger partial charge in [0, 0.05) is 0 Å². The van der Waals surface area contributed by atoms with Crippen LogP contribution in [0.5, 0.6) is 0 Å². The molecular weight excluding hydrogens is 296 g/mol. The average Bonchev–Trinajstić information content (AvgIpc) is 2.47. The highest BCUT2D eigenvalue weighted by Crippen LogP contribution is 2.24. The highest BCUT2D eigenvalue weighted by Gasteiger charge is 2.44. The first kappa shape index (κ1) is 19.0. The Balaban J connectivity index is 2.72. The van der Waals surface area contributed by atoms with E-state index in [-0.39, 0.29) is 6.42 Å². The van der Waals surface area contributed by atoms with Crippen molar-refractivity contribution in [1.29, 1.82) is 0 Å². The van der Waals surface area contributed by atoms with Crippen LogP contribution < -0.4 is 0 Å². The molecule has 0 aromatic rings. The van der Waals surface area contributed by atoms with Gasteiger partial charge in [-0.3, -0.25) is 4.79 Å². The zero-order valence-electron chi connectivity index (χ0n) is 12.4. The molecule has 8 heteroatoms. The lowest BCUT2D eigenvalue weighted by Gasteiger charge is -2.40. The topological polar surface area (TPSA) is 137 Å². The van der Waals surface area contributed by atoms with Crippen LogP contribution in [-0.4, -0.2) is 74.9 Å². The first-order valence-corrected chi connectivity index (χ1v) is 7.23. The zero-order valence-corrected chi connectivity index (χ0v) is 12.4. The molecule has 1 fully saturated rings. The maximum absolute atomic E-state index is 10.9. The summed E-state index contributed by atoms with van der Waals surface area (Å²) in [6, 6.07) is 0. The number of hydrogen-bond donors (Lipinski definition) is 5. The molecule has 0 bridgehead atoms. The Morgan fingerprint density at radius 2 is 1.91 bits per heavy atom. The Kier molecular flexibility index (Phi) is 7.94. The van der Waals surface area contributed by atoms with Crippen LogP contribution >= 0.6 is 0 Å². The van der Waals surface area contributed by atoms with Gasteiger partial charge >= 0.3 is 5.97 Å². The molecule has 1 rings (SSSR count). The van der Waals surface area contributed by atoms with Gasteiger partial charge in [-0.2, -0.15) is 0 Å². The number of hydrogen-bond acceptors (Lipinski definition) is 7. The molecule has 0 amide bonds. The summed E-state index contributed by atoms with van der Waals surface area (Å²) in [6.07, 6.45) is -3.33. The van der Waals surface area contributed by atoms with Crippen LogP contribution in [0.2, 0.25) is 0 Å². The molecule has 1 aliphatic heterocycles. The number of aliphatic hydroxyl groups is 4. The van der Waals surface area contributed by atoms with Crippen molar-refractivity contribution in [3.63, 3.8) is 0 Å². The minimum absolute atomic E-state index is 0.301. The van der Waals surface area contributed by atoms with Gasteiger partial charge in [-0.25, -0.2) is 0 Å². The second kappa shape index (κ2) is 9.19. The fourth-order valence-corrected chi connectivity index (χ4v) is 2.17. The van der Waals surface area contributed by atoms with E-state index in [4.69, 9.17) is 19.7 Å². The minimum atomic E-state index is -1.55. The highest BCUT2D eigenvalue weighted by molar-refractivity contribution is 5.67.